The maximum absolute atomic E-state index is 13.2. The molecule has 1 unspecified atom stereocenters. The van der Waals surface area contributed by atoms with Crippen LogP contribution in [0.5, 0.6) is 0 Å². The molecule has 2 aromatic carbocycles. The molecular weight excluding hydrogens is 472 g/mol. The fourth-order valence-electron chi connectivity index (χ4n) is 4.13. The summed E-state index contributed by atoms with van der Waals surface area (Å²) >= 11 is 0. The summed E-state index contributed by atoms with van der Waals surface area (Å²) in [5.41, 5.74) is 0.754. The first-order valence-corrected chi connectivity index (χ1v) is 11.4. The number of non-ortho nitro benzene ring substituents is 2. The summed E-state index contributed by atoms with van der Waals surface area (Å²) in [5, 5.41) is 22.2. The van der Waals surface area contributed by atoms with Crippen molar-refractivity contribution in [3.63, 3.8) is 0 Å². The van der Waals surface area contributed by atoms with Gasteiger partial charge in [0.15, 0.2) is 0 Å². The van der Waals surface area contributed by atoms with Crippen LogP contribution in [-0.2, 0) is 14.3 Å². The first-order valence-electron chi connectivity index (χ1n) is 11.4. The number of hydrogen-bond acceptors (Lipinski definition) is 8. The molecule has 0 fully saturated rings. The van der Waals surface area contributed by atoms with Crippen LogP contribution in [-0.4, -0.2) is 59.3 Å². The number of hydrogen-bond donors (Lipinski definition) is 0. The zero-order valence-electron chi connectivity index (χ0n) is 19.9. The van der Waals surface area contributed by atoms with E-state index in [0.29, 0.717) is 24.1 Å². The number of nitro groups is 2. The lowest BCUT2D eigenvalue weighted by atomic mass is 9.91. The molecule has 3 rings (SSSR count). The van der Waals surface area contributed by atoms with E-state index in [1.807, 2.05) is 0 Å². The van der Waals surface area contributed by atoms with Gasteiger partial charge in [-0.3, -0.25) is 34.6 Å². The minimum absolute atomic E-state index is 0.0519. The Bertz CT molecular complexity index is 1180. The number of nitrogens with zero attached hydrogens (tertiary/aromatic N) is 4. The van der Waals surface area contributed by atoms with Gasteiger partial charge in [-0.1, -0.05) is 12.1 Å². The van der Waals surface area contributed by atoms with Gasteiger partial charge in [0.25, 0.3) is 17.3 Å². The van der Waals surface area contributed by atoms with Crippen molar-refractivity contribution in [2.24, 2.45) is 0 Å². The van der Waals surface area contributed by atoms with Crippen LogP contribution in [0.15, 0.2) is 42.5 Å². The number of ether oxygens (including phenoxy) is 1. The Labute approximate surface area is 206 Å². The third-order valence-corrected chi connectivity index (χ3v) is 6.04. The lowest BCUT2D eigenvalue weighted by Crippen LogP contribution is -2.38. The van der Waals surface area contributed by atoms with E-state index in [2.05, 4.69) is 0 Å². The summed E-state index contributed by atoms with van der Waals surface area (Å²) in [6.45, 7) is 1.89. The molecule has 1 atom stereocenters. The summed E-state index contributed by atoms with van der Waals surface area (Å²) < 4.78 is 5.06. The van der Waals surface area contributed by atoms with Gasteiger partial charge in [0.2, 0.25) is 5.91 Å². The maximum Gasteiger partial charge on any atom is 0.306 e. The van der Waals surface area contributed by atoms with Crippen molar-refractivity contribution in [1.82, 2.24) is 4.90 Å². The monoisotopic (exact) mass is 498 g/mol. The van der Waals surface area contributed by atoms with Crippen LogP contribution in [0.25, 0.3) is 0 Å². The van der Waals surface area contributed by atoms with E-state index in [1.54, 1.807) is 19.1 Å². The van der Waals surface area contributed by atoms with E-state index in [1.165, 1.54) is 47.2 Å². The average molecular weight is 498 g/mol. The molecule has 12 heteroatoms. The molecule has 0 bridgehead atoms. The number of esters is 1. The molecule has 12 nitrogen and oxygen atoms in total. The van der Waals surface area contributed by atoms with Crippen molar-refractivity contribution in [2.45, 2.75) is 32.1 Å². The second-order valence-corrected chi connectivity index (χ2v) is 8.33. The lowest BCUT2D eigenvalue weighted by Gasteiger charge is -2.22. The highest BCUT2D eigenvalue weighted by Crippen LogP contribution is 2.30. The van der Waals surface area contributed by atoms with Crippen LogP contribution in [0.3, 0.4) is 0 Å². The second kappa shape index (κ2) is 11.4. The molecule has 0 spiro atoms. The van der Waals surface area contributed by atoms with E-state index in [9.17, 15) is 34.6 Å². The van der Waals surface area contributed by atoms with Crippen molar-refractivity contribution in [2.75, 3.05) is 31.6 Å². The molecule has 1 aliphatic rings. The van der Waals surface area contributed by atoms with Crippen LogP contribution < -0.4 is 4.90 Å². The van der Waals surface area contributed by atoms with E-state index in [0.717, 1.165) is 0 Å². The third-order valence-electron chi connectivity index (χ3n) is 6.04. The number of carbonyl (C=O) groups excluding carboxylic acids is 3. The van der Waals surface area contributed by atoms with Crippen LogP contribution in [0.2, 0.25) is 0 Å². The van der Waals surface area contributed by atoms with Crippen molar-refractivity contribution in [3.8, 4) is 0 Å². The number of carbonyl (C=O) groups is 3. The number of benzene rings is 2. The molecule has 36 heavy (non-hydrogen) atoms. The van der Waals surface area contributed by atoms with Gasteiger partial charge in [0.05, 0.1) is 34.1 Å². The summed E-state index contributed by atoms with van der Waals surface area (Å²) in [6.07, 6.45) is 0.899. The van der Waals surface area contributed by atoms with Crippen LogP contribution in [0.4, 0.5) is 17.1 Å². The van der Waals surface area contributed by atoms with E-state index >= 15 is 0 Å². The van der Waals surface area contributed by atoms with Gasteiger partial charge >= 0.3 is 5.97 Å². The maximum atomic E-state index is 13.2. The highest BCUT2D eigenvalue weighted by molar-refractivity contribution is 6.09. The Kier molecular flexibility index (Phi) is 8.30. The lowest BCUT2D eigenvalue weighted by molar-refractivity contribution is -0.385. The van der Waals surface area contributed by atoms with E-state index in [4.69, 9.17) is 4.74 Å². The van der Waals surface area contributed by atoms with Crippen molar-refractivity contribution < 1.29 is 29.0 Å². The molecule has 1 aliphatic heterocycles. The highest BCUT2D eigenvalue weighted by atomic mass is 16.6. The van der Waals surface area contributed by atoms with Gasteiger partial charge in [-0.05, 0) is 37.3 Å². The van der Waals surface area contributed by atoms with E-state index < -0.39 is 21.7 Å². The first-order chi connectivity index (χ1) is 17.1. The second-order valence-electron chi connectivity index (χ2n) is 8.33. The quantitative estimate of drug-likeness (QED) is 0.274. The molecule has 0 radical (unpaired) electrons. The fourth-order valence-corrected chi connectivity index (χ4v) is 4.13. The minimum atomic E-state index is -0.602. The van der Waals surface area contributed by atoms with Gasteiger partial charge in [0, 0.05) is 37.9 Å². The third kappa shape index (κ3) is 6.01. The molecule has 2 amide bonds. The zero-order chi connectivity index (χ0) is 26.4. The van der Waals surface area contributed by atoms with Gasteiger partial charge in [-0.25, -0.2) is 0 Å². The Morgan fingerprint density at radius 2 is 1.69 bits per heavy atom. The Morgan fingerprint density at radius 3 is 2.31 bits per heavy atom. The van der Waals surface area contributed by atoms with Gasteiger partial charge in [-0.2, -0.15) is 0 Å². The summed E-state index contributed by atoms with van der Waals surface area (Å²) in [7, 11) is 1.51. The molecule has 0 aromatic heterocycles. The van der Waals surface area contributed by atoms with Crippen molar-refractivity contribution in [1.29, 1.82) is 0 Å². The number of fused-ring (bicyclic) bond motifs is 1. The SMILES string of the molecule is CCOC(=O)CC(CCCN1CC(=O)N(C)c2ccc([N+](=O)[O-])cc2C1=O)c1ccc([N+](=O)[O-])cc1. The molecular formula is C24H26N4O8. The molecule has 2 aromatic rings. The van der Waals surface area contributed by atoms with Gasteiger partial charge in [0.1, 0.15) is 6.54 Å². The molecule has 0 saturated heterocycles. The van der Waals surface area contributed by atoms with E-state index in [-0.39, 0.29) is 54.9 Å². The largest absolute Gasteiger partial charge is 0.466 e. The smallest absolute Gasteiger partial charge is 0.306 e. The fraction of sp³-hybridized carbons (Fsp3) is 0.375. The van der Waals surface area contributed by atoms with Crippen LogP contribution in [0, 0.1) is 20.2 Å². The molecule has 0 aliphatic carbocycles. The highest BCUT2D eigenvalue weighted by Gasteiger charge is 2.31. The first kappa shape index (κ1) is 26.3. The topological polar surface area (TPSA) is 153 Å². The minimum Gasteiger partial charge on any atom is -0.466 e. The molecule has 190 valence electrons. The average Bonchev–Trinajstić information content (AvgIpc) is 2.94. The normalized spacial score (nSPS) is 14.2. The number of rotatable bonds is 10. The van der Waals surface area contributed by atoms with Crippen molar-refractivity contribution in [3.05, 3.63) is 73.8 Å². The van der Waals surface area contributed by atoms with Gasteiger partial charge < -0.3 is 14.5 Å². The summed E-state index contributed by atoms with van der Waals surface area (Å²) in [5.74, 6) is -1.57. The Balaban J connectivity index is 1.77. The van der Waals surface area contributed by atoms with Crippen LogP contribution >= 0.6 is 0 Å². The summed E-state index contributed by atoms with van der Waals surface area (Å²) in [4.78, 5) is 61.7. The number of anilines is 1. The van der Waals surface area contributed by atoms with Crippen LogP contribution in [0.1, 0.15) is 48.0 Å². The van der Waals surface area contributed by atoms with Gasteiger partial charge in [-0.15, -0.1) is 0 Å². The van der Waals surface area contributed by atoms with Crippen molar-refractivity contribution >= 4 is 34.8 Å². The molecule has 0 N–H and O–H groups in total. The summed E-state index contributed by atoms with van der Waals surface area (Å²) in [6, 6.07) is 9.71. The predicted octanol–water partition coefficient (Wildman–Crippen LogP) is 3.44. The standard InChI is InChI=1S/C24H26N4O8/c1-3-36-23(30)13-17(16-6-8-18(9-7-16)27(32)33)5-4-12-26-15-22(29)25(2)21-11-10-19(28(34)35)14-20(21)24(26)31/h6-11,14,17H,3-5,12-13,15H2,1-2H3. The number of amides is 2. The predicted molar refractivity (Wildman–Crippen MR) is 129 cm³/mol. The Hall–Kier alpha value is -4.35. The Morgan fingerprint density at radius 1 is 1.06 bits per heavy atom. The number of nitro benzene ring substituents is 2. The molecule has 1 heterocycles. The molecule has 0 saturated carbocycles. The number of likely N-dealkylation sites (N-methyl/N-ethyl adjacent to an activating group) is 1. The zero-order valence-corrected chi connectivity index (χ0v) is 19.9.